The van der Waals surface area contributed by atoms with Crippen LogP contribution in [-0.4, -0.2) is 11.5 Å². The van der Waals surface area contributed by atoms with Crippen molar-refractivity contribution < 1.29 is 0 Å². The fourth-order valence-electron chi connectivity index (χ4n) is 3.06. The third-order valence-corrected chi connectivity index (χ3v) is 5.83. The second kappa shape index (κ2) is 6.85. The summed E-state index contributed by atoms with van der Waals surface area (Å²) in [5.41, 5.74) is 1.24. The third kappa shape index (κ3) is 3.79. The summed E-state index contributed by atoms with van der Waals surface area (Å²) in [6.45, 7) is 11.1. The van der Waals surface area contributed by atoms with Gasteiger partial charge in [-0.05, 0) is 51.0 Å². The number of hydrogen-bond donors (Lipinski definition) is 1. The number of hydrogen-bond acceptors (Lipinski definition) is 3. The first-order valence-electron chi connectivity index (χ1n) is 7.78. The van der Waals surface area contributed by atoms with Crippen molar-refractivity contribution in [3.63, 3.8) is 0 Å². The maximum atomic E-state index is 4.84. The molecular formula is C16H28N2S. The van der Waals surface area contributed by atoms with Gasteiger partial charge in [-0.2, -0.15) is 0 Å². The predicted molar refractivity (Wildman–Crippen MR) is 83.8 cm³/mol. The summed E-state index contributed by atoms with van der Waals surface area (Å²) in [7, 11) is 0. The Morgan fingerprint density at radius 1 is 1.26 bits per heavy atom. The third-order valence-electron chi connectivity index (χ3n) is 4.51. The number of aryl methyl sites for hydroxylation is 1. The summed E-state index contributed by atoms with van der Waals surface area (Å²) in [5.74, 6) is 2.52. The highest BCUT2D eigenvalue weighted by molar-refractivity contribution is 7.11. The quantitative estimate of drug-likeness (QED) is 0.859. The van der Waals surface area contributed by atoms with Gasteiger partial charge in [0.25, 0.3) is 0 Å². The number of rotatable bonds is 5. The van der Waals surface area contributed by atoms with Crippen LogP contribution in [0.2, 0.25) is 0 Å². The molecule has 2 nitrogen and oxygen atoms in total. The molecule has 0 unspecified atom stereocenters. The van der Waals surface area contributed by atoms with Crippen LogP contribution in [-0.2, 0) is 6.54 Å². The smallest absolute Gasteiger partial charge is 0.0962 e. The van der Waals surface area contributed by atoms with Gasteiger partial charge in [0.15, 0.2) is 0 Å². The molecule has 2 rings (SSSR count). The molecule has 0 spiro atoms. The van der Waals surface area contributed by atoms with Crippen molar-refractivity contribution in [2.45, 2.75) is 65.8 Å². The standard InChI is InChI=1S/C16H28N2S/c1-5-17-10-15-12(4)18-16(19-15)14-8-6-13(7-9-14)11(2)3/h11,13-14,17H,5-10H2,1-4H3. The van der Waals surface area contributed by atoms with Gasteiger partial charge in [0, 0.05) is 17.3 Å². The number of nitrogens with zero attached hydrogens (tertiary/aromatic N) is 1. The Kier molecular flexibility index (Phi) is 5.40. The van der Waals surface area contributed by atoms with Crippen molar-refractivity contribution in [3.8, 4) is 0 Å². The average molecular weight is 280 g/mol. The molecule has 0 bridgehead atoms. The van der Waals surface area contributed by atoms with Crippen molar-refractivity contribution in [2.75, 3.05) is 6.54 Å². The Morgan fingerprint density at radius 3 is 2.53 bits per heavy atom. The van der Waals surface area contributed by atoms with Crippen LogP contribution < -0.4 is 5.32 Å². The molecule has 0 radical (unpaired) electrons. The van der Waals surface area contributed by atoms with Crippen LogP contribution in [0.1, 0.15) is 68.0 Å². The van der Waals surface area contributed by atoms with E-state index in [1.165, 1.54) is 41.3 Å². The molecule has 3 heteroatoms. The molecule has 108 valence electrons. The molecule has 0 aliphatic heterocycles. The first kappa shape index (κ1) is 15.0. The molecule has 1 N–H and O–H groups in total. The summed E-state index contributed by atoms with van der Waals surface area (Å²) in [4.78, 5) is 6.27. The molecule has 0 saturated heterocycles. The summed E-state index contributed by atoms with van der Waals surface area (Å²) in [5, 5.41) is 4.81. The lowest BCUT2D eigenvalue weighted by atomic mass is 9.77. The topological polar surface area (TPSA) is 24.9 Å². The molecule has 1 aromatic rings. The van der Waals surface area contributed by atoms with Gasteiger partial charge in [0.2, 0.25) is 0 Å². The molecule has 1 aromatic heterocycles. The predicted octanol–water partition coefficient (Wildman–Crippen LogP) is 4.49. The van der Waals surface area contributed by atoms with E-state index in [0.717, 1.165) is 30.8 Å². The summed E-state index contributed by atoms with van der Waals surface area (Å²) in [6.07, 6.45) is 5.47. The number of aromatic nitrogens is 1. The van der Waals surface area contributed by atoms with Crippen molar-refractivity contribution in [3.05, 3.63) is 15.6 Å². The van der Waals surface area contributed by atoms with E-state index in [0.29, 0.717) is 0 Å². The first-order chi connectivity index (χ1) is 9.11. The van der Waals surface area contributed by atoms with E-state index >= 15 is 0 Å². The lowest BCUT2D eigenvalue weighted by molar-refractivity contribution is 0.258. The SMILES string of the molecule is CCNCc1sc(C2CCC(C(C)C)CC2)nc1C. The fourth-order valence-corrected chi connectivity index (χ4v) is 4.27. The highest BCUT2D eigenvalue weighted by atomic mass is 32.1. The summed E-state index contributed by atoms with van der Waals surface area (Å²) < 4.78 is 0. The Labute approximate surface area is 122 Å². The molecule has 1 saturated carbocycles. The van der Waals surface area contributed by atoms with Gasteiger partial charge < -0.3 is 5.32 Å². The van der Waals surface area contributed by atoms with Gasteiger partial charge in [-0.1, -0.05) is 20.8 Å². The molecule has 0 aromatic carbocycles. The lowest BCUT2D eigenvalue weighted by Gasteiger charge is -2.29. The van der Waals surface area contributed by atoms with Crippen LogP contribution in [0, 0.1) is 18.8 Å². The van der Waals surface area contributed by atoms with Crippen molar-refractivity contribution in [1.29, 1.82) is 0 Å². The molecule has 1 aliphatic rings. The maximum Gasteiger partial charge on any atom is 0.0962 e. The van der Waals surface area contributed by atoms with E-state index < -0.39 is 0 Å². The zero-order valence-electron chi connectivity index (χ0n) is 12.8. The van der Waals surface area contributed by atoms with E-state index in [2.05, 4.69) is 33.0 Å². The Hall–Kier alpha value is -0.410. The second-order valence-corrected chi connectivity index (χ2v) is 7.31. The Bertz CT molecular complexity index is 389. The van der Waals surface area contributed by atoms with E-state index in [4.69, 9.17) is 4.98 Å². The van der Waals surface area contributed by atoms with Crippen LogP contribution in [0.4, 0.5) is 0 Å². The molecule has 0 atom stereocenters. The van der Waals surface area contributed by atoms with Crippen LogP contribution in [0.25, 0.3) is 0 Å². The van der Waals surface area contributed by atoms with Gasteiger partial charge >= 0.3 is 0 Å². The minimum absolute atomic E-state index is 0.731. The summed E-state index contributed by atoms with van der Waals surface area (Å²) >= 11 is 1.94. The van der Waals surface area contributed by atoms with Crippen LogP contribution in [0.3, 0.4) is 0 Å². The van der Waals surface area contributed by atoms with Gasteiger partial charge in [0.05, 0.1) is 10.7 Å². The van der Waals surface area contributed by atoms with Crippen LogP contribution >= 0.6 is 11.3 Å². The van der Waals surface area contributed by atoms with E-state index in [1.54, 1.807) is 0 Å². The van der Waals surface area contributed by atoms with Crippen molar-refractivity contribution in [2.24, 2.45) is 11.8 Å². The normalized spacial score (nSPS) is 24.1. The molecule has 1 aliphatic carbocycles. The Morgan fingerprint density at radius 2 is 1.95 bits per heavy atom. The van der Waals surface area contributed by atoms with Crippen LogP contribution in [0.15, 0.2) is 0 Å². The second-order valence-electron chi connectivity index (χ2n) is 6.20. The number of nitrogens with one attached hydrogen (secondary N) is 1. The molecule has 0 amide bonds. The largest absolute Gasteiger partial charge is 0.312 e. The van der Waals surface area contributed by atoms with Crippen LogP contribution in [0.5, 0.6) is 0 Å². The van der Waals surface area contributed by atoms with Crippen molar-refractivity contribution in [1.82, 2.24) is 10.3 Å². The molecule has 19 heavy (non-hydrogen) atoms. The maximum absolute atomic E-state index is 4.84. The lowest BCUT2D eigenvalue weighted by Crippen LogP contribution is -2.17. The molecular weight excluding hydrogens is 252 g/mol. The minimum Gasteiger partial charge on any atom is -0.312 e. The van der Waals surface area contributed by atoms with Gasteiger partial charge in [-0.25, -0.2) is 4.98 Å². The van der Waals surface area contributed by atoms with E-state index in [-0.39, 0.29) is 0 Å². The minimum atomic E-state index is 0.731. The first-order valence-corrected chi connectivity index (χ1v) is 8.60. The van der Waals surface area contributed by atoms with E-state index in [1.807, 2.05) is 11.3 Å². The monoisotopic (exact) mass is 280 g/mol. The summed E-state index contributed by atoms with van der Waals surface area (Å²) in [6, 6.07) is 0. The molecule has 1 fully saturated rings. The molecule has 1 heterocycles. The highest BCUT2D eigenvalue weighted by Gasteiger charge is 2.26. The van der Waals surface area contributed by atoms with Crippen molar-refractivity contribution >= 4 is 11.3 Å². The zero-order valence-corrected chi connectivity index (χ0v) is 13.6. The highest BCUT2D eigenvalue weighted by Crippen LogP contribution is 2.40. The Balaban J connectivity index is 1.96. The van der Waals surface area contributed by atoms with Gasteiger partial charge in [-0.3, -0.25) is 0 Å². The van der Waals surface area contributed by atoms with Gasteiger partial charge in [-0.15, -0.1) is 11.3 Å². The van der Waals surface area contributed by atoms with E-state index in [9.17, 15) is 0 Å². The van der Waals surface area contributed by atoms with Gasteiger partial charge in [0.1, 0.15) is 0 Å². The zero-order chi connectivity index (χ0) is 13.8. The average Bonchev–Trinajstić information content (AvgIpc) is 2.78. The fraction of sp³-hybridized carbons (Fsp3) is 0.812. The number of thiazole rings is 1.